The summed E-state index contributed by atoms with van der Waals surface area (Å²) in [6.45, 7) is 1.03. The fraction of sp³-hybridized carbons (Fsp3) is 0.267. The minimum atomic E-state index is -0.0931. The van der Waals surface area contributed by atoms with Crippen molar-refractivity contribution in [3.8, 4) is 0 Å². The molecular formula is C15H18N4O. The van der Waals surface area contributed by atoms with Crippen molar-refractivity contribution in [1.29, 1.82) is 0 Å². The van der Waals surface area contributed by atoms with Crippen LogP contribution in [0, 0.1) is 0 Å². The first-order valence-electron chi connectivity index (χ1n) is 6.51. The molecule has 1 amide bonds. The fourth-order valence-corrected chi connectivity index (χ4v) is 1.80. The maximum absolute atomic E-state index is 12.2. The second-order valence-electron chi connectivity index (χ2n) is 4.55. The number of hydrogen-bond donors (Lipinski definition) is 1. The highest BCUT2D eigenvalue weighted by atomic mass is 16.2. The number of nitrogens with zero attached hydrogens (tertiary/aromatic N) is 3. The molecule has 0 saturated heterocycles. The van der Waals surface area contributed by atoms with Gasteiger partial charge in [0.1, 0.15) is 5.69 Å². The van der Waals surface area contributed by atoms with Crippen LogP contribution >= 0.6 is 0 Å². The summed E-state index contributed by atoms with van der Waals surface area (Å²) in [4.78, 5) is 22.2. The van der Waals surface area contributed by atoms with Crippen LogP contribution in [0.5, 0.6) is 0 Å². The van der Waals surface area contributed by atoms with E-state index in [1.54, 1.807) is 30.4 Å². The lowest BCUT2D eigenvalue weighted by Gasteiger charge is -2.16. The zero-order chi connectivity index (χ0) is 14.4. The lowest BCUT2D eigenvalue weighted by atomic mass is 10.2. The van der Waals surface area contributed by atoms with Gasteiger partial charge in [-0.2, -0.15) is 0 Å². The van der Waals surface area contributed by atoms with E-state index >= 15 is 0 Å². The third-order valence-corrected chi connectivity index (χ3v) is 3.06. The molecule has 20 heavy (non-hydrogen) atoms. The predicted molar refractivity (Wildman–Crippen MR) is 77.0 cm³/mol. The number of amides is 1. The Hall–Kier alpha value is -2.27. The molecule has 2 aromatic heterocycles. The molecule has 0 radical (unpaired) electrons. The normalized spacial score (nSPS) is 10.3. The van der Waals surface area contributed by atoms with Crippen molar-refractivity contribution in [2.75, 3.05) is 13.6 Å². The molecule has 2 heterocycles. The first-order valence-corrected chi connectivity index (χ1v) is 6.51. The SMILES string of the molecule is CN(CCc1ccccn1)C(=O)c1ccc(CN)cn1. The van der Waals surface area contributed by atoms with Gasteiger partial charge in [-0.05, 0) is 23.8 Å². The van der Waals surface area contributed by atoms with Crippen molar-refractivity contribution in [1.82, 2.24) is 14.9 Å². The molecule has 2 aromatic rings. The summed E-state index contributed by atoms with van der Waals surface area (Å²) in [5.41, 5.74) is 7.83. The van der Waals surface area contributed by atoms with Gasteiger partial charge in [-0.1, -0.05) is 12.1 Å². The third kappa shape index (κ3) is 3.61. The van der Waals surface area contributed by atoms with Gasteiger partial charge in [-0.15, -0.1) is 0 Å². The molecule has 0 aliphatic carbocycles. The predicted octanol–water partition coefficient (Wildman–Crippen LogP) is 1.25. The topological polar surface area (TPSA) is 72.1 Å². The van der Waals surface area contributed by atoms with E-state index in [2.05, 4.69) is 9.97 Å². The Balaban J connectivity index is 1.94. The maximum Gasteiger partial charge on any atom is 0.272 e. The first-order chi connectivity index (χ1) is 9.70. The number of hydrogen-bond acceptors (Lipinski definition) is 4. The third-order valence-electron chi connectivity index (χ3n) is 3.06. The Morgan fingerprint density at radius 3 is 2.70 bits per heavy atom. The number of likely N-dealkylation sites (N-methyl/N-ethyl adjacent to an activating group) is 1. The summed E-state index contributed by atoms with van der Waals surface area (Å²) < 4.78 is 0. The summed E-state index contributed by atoms with van der Waals surface area (Å²) in [6, 6.07) is 9.31. The lowest BCUT2D eigenvalue weighted by Crippen LogP contribution is -2.29. The van der Waals surface area contributed by atoms with Crippen LogP contribution in [0.25, 0.3) is 0 Å². The number of pyridine rings is 2. The highest BCUT2D eigenvalue weighted by Gasteiger charge is 2.12. The zero-order valence-electron chi connectivity index (χ0n) is 11.5. The van der Waals surface area contributed by atoms with E-state index in [1.807, 2.05) is 24.3 Å². The second kappa shape index (κ2) is 6.77. The molecule has 2 rings (SSSR count). The van der Waals surface area contributed by atoms with E-state index in [1.165, 1.54) is 0 Å². The van der Waals surface area contributed by atoms with Crippen LogP contribution in [0.4, 0.5) is 0 Å². The van der Waals surface area contributed by atoms with Crippen molar-refractivity contribution < 1.29 is 4.79 Å². The molecule has 104 valence electrons. The minimum absolute atomic E-state index is 0.0931. The van der Waals surface area contributed by atoms with Gasteiger partial charge in [0.05, 0.1) is 0 Å². The van der Waals surface area contributed by atoms with E-state index in [4.69, 9.17) is 5.73 Å². The largest absolute Gasteiger partial charge is 0.340 e. The van der Waals surface area contributed by atoms with Crippen LogP contribution in [0.1, 0.15) is 21.7 Å². The van der Waals surface area contributed by atoms with Gasteiger partial charge in [0.25, 0.3) is 5.91 Å². The van der Waals surface area contributed by atoms with E-state index in [0.29, 0.717) is 18.8 Å². The molecule has 0 spiro atoms. The fourth-order valence-electron chi connectivity index (χ4n) is 1.80. The minimum Gasteiger partial charge on any atom is -0.340 e. The van der Waals surface area contributed by atoms with Crippen molar-refractivity contribution in [2.45, 2.75) is 13.0 Å². The van der Waals surface area contributed by atoms with Crippen LogP contribution in [0.2, 0.25) is 0 Å². The highest BCUT2D eigenvalue weighted by Crippen LogP contribution is 2.04. The van der Waals surface area contributed by atoms with E-state index < -0.39 is 0 Å². The van der Waals surface area contributed by atoms with E-state index in [9.17, 15) is 4.79 Å². The molecular weight excluding hydrogens is 252 g/mol. The van der Waals surface area contributed by atoms with Gasteiger partial charge in [0.2, 0.25) is 0 Å². The Labute approximate surface area is 118 Å². The molecule has 2 N–H and O–H groups in total. The summed E-state index contributed by atoms with van der Waals surface area (Å²) in [5, 5.41) is 0. The number of aromatic nitrogens is 2. The molecule has 5 nitrogen and oxygen atoms in total. The number of carbonyl (C=O) groups excluding carboxylic acids is 1. The van der Waals surface area contributed by atoms with Crippen LogP contribution in [0.15, 0.2) is 42.7 Å². The highest BCUT2D eigenvalue weighted by molar-refractivity contribution is 5.92. The Morgan fingerprint density at radius 1 is 1.25 bits per heavy atom. The van der Waals surface area contributed by atoms with Gasteiger partial charge in [0.15, 0.2) is 0 Å². The molecule has 0 bridgehead atoms. The monoisotopic (exact) mass is 270 g/mol. The van der Waals surface area contributed by atoms with Crippen molar-refractivity contribution in [2.24, 2.45) is 5.73 Å². The van der Waals surface area contributed by atoms with E-state index in [-0.39, 0.29) is 5.91 Å². The second-order valence-corrected chi connectivity index (χ2v) is 4.55. The molecule has 0 saturated carbocycles. The van der Waals surface area contributed by atoms with Gasteiger partial charge < -0.3 is 10.6 Å². The van der Waals surface area contributed by atoms with Gasteiger partial charge >= 0.3 is 0 Å². The van der Waals surface area contributed by atoms with Gasteiger partial charge in [0, 0.05) is 44.6 Å². The lowest BCUT2D eigenvalue weighted by molar-refractivity contribution is 0.0790. The van der Waals surface area contributed by atoms with Crippen molar-refractivity contribution in [3.05, 3.63) is 59.7 Å². The Morgan fingerprint density at radius 2 is 2.10 bits per heavy atom. The van der Waals surface area contributed by atoms with Crippen LogP contribution < -0.4 is 5.73 Å². The standard InChI is InChI=1S/C15H18N4O/c1-19(9-7-13-4-2-3-8-17-13)15(20)14-6-5-12(10-16)11-18-14/h2-6,8,11H,7,9-10,16H2,1H3. The van der Waals surface area contributed by atoms with Crippen molar-refractivity contribution >= 4 is 5.91 Å². The van der Waals surface area contributed by atoms with Crippen LogP contribution in [-0.2, 0) is 13.0 Å². The summed E-state index contributed by atoms with van der Waals surface area (Å²) in [5.74, 6) is -0.0931. The maximum atomic E-state index is 12.2. The number of carbonyl (C=O) groups is 1. The molecule has 5 heteroatoms. The zero-order valence-corrected chi connectivity index (χ0v) is 11.5. The Bertz CT molecular complexity index is 554. The number of rotatable bonds is 5. The van der Waals surface area contributed by atoms with Gasteiger partial charge in [-0.3, -0.25) is 14.8 Å². The quantitative estimate of drug-likeness (QED) is 0.887. The van der Waals surface area contributed by atoms with Gasteiger partial charge in [-0.25, -0.2) is 0 Å². The average Bonchev–Trinajstić information content (AvgIpc) is 2.53. The molecule has 0 unspecified atom stereocenters. The summed E-state index contributed by atoms with van der Waals surface area (Å²) >= 11 is 0. The number of nitrogens with two attached hydrogens (primary N) is 1. The average molecular weight is 270 g/mol. The molecule has 0 aromatic carbocycles. The Kier molecular flexibility index (Phi) is 4.79. The van der Waals surface area contributed by atoms with E-state index in [0.717, 1.165) is 17.7 Å². The van der Waals surface area contributed by atoms with Crippen molar-refractivity contribution in [3.63, 3.8) is 0 Å². The van der Waals surface area contributed by atoms with Crippen LogP contribution in [0.3, 0.4) is 0 Å². The first kappa shape index (κ1) is 14.1. The molecule has 0 aliphatic heterocycles. The summed E-state index contributed by atoms with van der Waals surface area (Å²) in [7, 11) is 1.77. The van der Waals surface area contributed by atoms with Crippen LogP contribution in [-0.4, -0.2) is 34.4 Å². The smallest absolute Gasteiger partial charge is 0.272 e. The molecule has 0 fully saturated rings. The molecule has 0 aliphatic rings. The summed E-state index contributed by atoms with van der Waals surface area (Å²) in [6.07, 6.45) is 4.12. The molecule has 0 atom stereocenters.